The molecule has 1 amide bonds. The van der Waals surface area contributed by atoms with Gasteiger partial charge in [-0.3, -0.25) is 14.5 Å². The number of hydrogen-bond donors (Lipinski definition) is 2. The van der Waals surface area contributed by atoms with E-state index in [0.29, 0.717) is 28.5 Å². The standard InChI is InChI=1S/C21H22BrN5O2S/c1-21(2)6-3-8-26(21)9-7-23-18(28)12-4-5-13-14(10-12)24-19(29)16-17(13)25-27-11-15(22)30-20(16)27/h4-5,10-11H,3,6-9H2,1-2H3,(H,23,28)(H,24,29). The maximum absolute atomic E-state index is 12.7. The Balaban J connectivity index is 1.41. The molecule has 0 bridgehead atoms. The van der Waals surface area contributed by atoms with E-state index in [1.165, 1.54) is 24.2 Å². The fourth-order valence-electron chi connectivity index (χ4n) is 4.38. The minimum atomic E-state index is -0.198. The third-order valence-corrected chi connectivity index (χ3v) is 7.61. The van der Waals surface area contributed by atoms with Crippen molar-refractivity contribution in [1.82, 2.24) is 24.8 Å². The summed E-state index contributed by atoms with van der Waals surface area (Å²) < 4.78 is 2.63. The Kier molecular flexibility index (Phi) is 4.72. The van der Waals surface area contributed by atoms with Gasteiger partial charge in [0.05, 0.1) is 15.5 Å². The van der Waals surface area contributed by atoms with Crippen LogP contribution in [0.15, 0.2) is 33.0 Å². The molecule has 1 saturated heterocycles. The molecule has 9 heteroatoms. The summed E-state index contributed by atoms with van der Waals surface area (Å²) >= 11 is 4.90. The van der Waals surface area contributed by atoms with Crippen LogP contribution < -0.4 is 10.9 Å². The first-order valence-corrected chi connectivity index (χ1v) is 11.6. The summed E-state index contributed by atoms with van der Waals surface area (Å²) in [5.74, 6) is -0.135. The monoisotopic (exact) mass is 487 g/mol. The van der Waals surface area contributed by atoms with Gasteiger partial charge in [-0.2, -0.15) is 5.10 Å². The number of fused-ring (bicyclic) bond motifs is 5. The number of pyridine rings is 1. The van der Waals surface area contributed by atoms with Crippen LogP contribution in [0.1, 0.15) is 37.0 Å². The van der Waals surface area contributed by atoms with E-state index in [1.54, 1.807) is 16.6 Å². The number of nitrogens with zero attached hydrogens (tertiary/aromatic N) is 3. The molecule has 0 spiro atoms. The van der Waals surface area contributed by atoms with Gasteiger partial charge in [0.1, 0.15) is 15.7 Å². The zero-order valence-electron chi connectivity index (χ0n) is 16.8. The average molecular weight is 488 g/mol. The quantitative estimate of drug-likeness (QED) is 0.459. The van der Waals surface area contributed by atoms with Crippen LogP contribution in [0.4, 0.5) is 0 Å². The number of aromatic nitrogens is 3. The number of amides is 1. The van der Waals surface area contributed by atoms with Crippen molar-refractivity contribution in [2.45, 2.75) is 32.2 Å². The molecule has 0 radical (unpaired) electrons. The highest BCUT2D eigenvalue weighted by Gasteiger charge is 2.31. The Morgan fingerprint density at radius 1 is 1.40 bits per heavy atom. The summed E-state index contributed by atoms with van der Waals surface area (Å²) in [5, 5.41) is 8.98. The molecule has 30 heavy (non-hydrogen) atoms. The fourth-order valence-corrected chi connectivity index (χ4v) is 5.85. The number of benzene rings is 1. The highest BCUT2D eigenvalue weighted by atomic mass is 79.9. The molecule has 4 heterocycles. The summed E-state index contributed by atoms with van der Waals surface area (Å²) in [5.41, 5.74) is 1.80. The third kappa shape index (κ3) is 3.25. The number of likely N-dealkylation sites (tertiary alicyclic amines) is 1. The van der Waals surface area contributed by atoms with Gasteiger partial charge in [0.2, 0.25) is 0 Å². The van der Waals surface area contributed by atoms with E-state index < -0.39 is 0 Å². The molecule has 1 aliphatic rings. The number of aromatic amines is 1. The molecule has 156 valence electrons. The van der Waals surface area contributed by atoms with E-state index in [4.69, 9.17) is 0 Å². The lowest BCUT2D eigenvalue weighted by Crippen LogP contribution is -2.42. The molecule has 3 aromatic heterocycles. The van der Waals surface area contributed by atoms with Crippen molar-refractivity contribution in [3.8, 4) is 0 Å². The summed E-state index contributed by atoms with van der Waals surface area (Å²) in [6, 6.07) is 5.38. The minimum Gasteiger partial charge on any atom is -0.351 e. The molecule has 2 N–H and O–H groups in total. The summed E-state index contributed by atoms with van der Waals surface area (Å²) in [6.07, 6.45) is 4.24. The van der Waals surface area contributed by atoms with Gasteiger partial charge in [-0.05, 0) is 67.4 Å². The molecule has 0 saturated carbocycles. The number of carbonyl (C=O) groups is 1. The second kappa shape index (κ2) is 7.18. The van der Waals surface area contributed by atoms with Crippen molar-refractivity contribution in [2.75, 3.05) is 19.6 Å². The Hall–Kier alpha value is -2.23. The van der Waals surface area contributed by atoms with Crippen LogP contribution in [-0.4, -0.2) is 50.6 Å². The van der Waals surface area contributed by atoms with Crippen molar-refractivity contribution in [3.63, 3.8) is 0 Å². The van der Waals surface area contributed by atoms with Crippen LogP contribution in [0.5, 0.6) is 0 Å². The van der Waals surface area contributed by atoms with Crippen LogP contribution in [0.2, 0.25) is 0 Å². The average Bonchev–Trinajstić information content (AvgIpc) is 3.32. The van der Waals surface area contributed by atoms with Crippen LogP contribution in [0.25, 0.3) is 26.6 Å². The molecular formula is C21H22BrN5O2S. The van der Waals surface area contributed by atoms with E-state index in [2.05, 4.69) is 50.1 Å². The lowest BCUT2D eigenvalue weighted by Gasteiger charge is -2.31. The molecule has 7 nitrogen and oxygen atoms in total. The van der Waals surface area contributed by atoms with Crippen molar-refractivity contribution < 1.29 is 4.79 Å². The highest BCUT2D eigenvalue weighted by molar-refractivity contribution is 9.11. The van der Waals surface area contributed by atoms with Crippen LogP contribution in [0, 0.1) is 0 Å². The summed E-state index contributed by atoms with van der Waals surface area (Å²) in [7, 11) is 0. The van der Waals surface area contributed by atoms with Gasteiger partial charge < -0.3 is 10.3 Å². The number of rotatable bonds is 4. The summed E-state index contributed by atoms with van der Waals surface area (Å²) in [4.78, 5) is 31.5. The maximum atomic E-state index is 12.7. The van der Waals surface area contributed by atoms with E-state index >= 15 is 0 Å². The van der Waals surface area contributed by atoms with Crippen molar-refractivity contribution in [1.29, 1.82) is 0 Å². The number of H-pyrrole nitrogens is 1. The number of nitrogens with one attached hydrogen (secondary N) is 2. The third-order valence-electron chi connectivity index (χ3n) is 6.04. The van der Waals surface area contributed by atoms with E-state index in [9.17, 15) is 9.59 Å². The molecular weight excluding hydrogens is 466 g/mol. The highest BCUT2D eigenvalue weighted by Crippen LogP contribution is 2.31. The lowest BCUT2D eigenvalue weighted by atomic mass is 10.0. The van der Waals surface area contributed by atoms with Gasteiger partial charge in [0.15, 0.2) is 0 Å². The topological polar surface area (TPSA) is 82.5 Å². The molecule has 0 unspecified atom stereocenters. The van der Waals surface area contributed by atoms with Gasteiger partial charge in [0.25, 0.3) is 11.5 Å². The van der Waals surface area contributed by atoms with Crippen molar-refractivity contribution in [3.05, 3.63) is 44.1 Å². The molecule has 0 aliphatic carbocycles. The molecule has 0 atom stereocenters. The SMILES string of the molecule is CC1(C)CCCN1CCNC(=O)c1ccc2c(c1)[nH]c(=O)c1c2nn2cc(Br)sc12. The van der Waals surface area contributed by atoms with Crippen molar-refractivity contribution >= 4 is 59.8 Å². The Morgan fingerprint density at radius 2 is 2.23 bits per heavy atom. The number of thiazole rings is 1. The van der Waals surface area contributed by atoms with Crippen molar-refractivity contribution in [2.24, 2.45) is 0 Å². The van der Waals surface area contributed by atoms with Gasteiger partial charge >= 0.3 is 0 Å². The molecule has 1 aliphatic heterocycles. The lowest BCUT2D eigenvalue weighted by molar-refractivity contribution is 0.0940. The van der Waals surface area contributed by atoms with Gasteiger partial charge in [-0.1, -0.05) is 0 Å². The predicted molar refractivity (Wildman–Crippen MR) is 124 cm³/mol. The van der Waals surface area contributed by atoms with E-state index in [0.717, 1.165) is 27.1 Å². The molecule has 1 aromatic carbocycles. The van der Waals surface area contributed by atoms with Gasteiger partial charge in [-0.25, -0.2) is 4.52 Å². The number of hydrogen-bond acceptors (Lipinski definition) is 5. The zero-order valence-corrected chi connectivity index (χ0v) is 19.2. The molecule has 4 aromatic rings. The van der Waals surface area contributed by atoms with E-state index in [1.807, 2.05) is 12.3 Å². The second-order valence-corrected chi connectivity index (χ2v) is 10.8. The molecule has 5 rings (SSSR count). The molecule has 1 fully saturated rings. The van der Waals surface area contributed by atoms with Gasteiger partial charge in [0, 0.05) is 29.6 Å². The Bertz CT molecular complexity index is 1350. The normalized spacial score (nSPS) is 16.8. The Labute approximate surface area is 185 Å². The number of carbonyl (C=O) groups excluding carboxylic acids is 1. The second-order valence-electron chi connectivity index (χ2n) is 8.38. The largest absolute Gasteiger partial charge is 0.351 e. The first kappa shape index (κ1) is 19.7. The minimum absolute atomic E-state index is 0.135. The summed E-state index contributed by atoms with van der Waals surface area (Å²) in [6.45, 7) is 7.02. The fraction of sp³-hybridized carbons (Fsp3) is 0.381. The number of halogens is 1. The van der Waals surface area contributed by atoms with Crippen LogP contribution in [-0.2, 0) is 0 Å². The maximum Gasteiger partial charge on any atom is 0.261 e. The first-order valence-electron chi connectivity index (χ1n) is 10.0. The smallest absolute Gasteiger partial charge is 0.261 e. The predicted octanol–water partition coefficient (Wildman–Crippen LogP) is 3.76. The Morgan fingerprint density at radius 3 is 3.00 bits per heavy atom. The van der Waals surface area contributed by atoms with Crippen LogP contribution in [0.3, 0.4) is 0 Å². The van der Waals surface area contributed by atoms with E-state index in [-0.39, 0.29) is 17.0 Å². The first-order chi connectivity index (χ1) is 14.3. The zero-order chi connectivity index (χ0) is 21.0. The van der Waals surface area contributed by atoms with Crippen LogP contribution >= 0.6 is 27.3 Å². The van der Waals surface area contributed by atoms with Gasteiger partial charge in [-0.15, -0.1) is 11.3 Å².